The largest absolute Gasteiger partial charge is 0.496 e. The topological polar surface area (TPSA) is 41.5 Å². The summed E-state index contributed by atoms with van der Waals surface area (Å²) in [5.41, 5.74) is 1.15. The van der Waals surface area contributed by atoms with Crippen LogP contribution in [0.5, 0.6) is 5.75 Å². The minimum absolute atomic E-state index is 0.196. The van der Waals surface area contributed by atoms with Gasteiger partial charge < -0.3 is 15.2 Å². The van der Waals surface area contributed by atoms with E-state index in [2.05, 4.69) is 11.4 Å². The lowest BCUT2D eigenvalue weighted by Crippen LogP contribution is -2.41. The van der Waals surface area contributed by atoms with E-state index in [1.54, 1.807) is 7.11 Å². The first kappa shape index (κ1) is 12.4. The molecule has 1 aromatic carbocycles. The molecule has 0 aromatic heterocycles. The summed E-state index contributed by atoms with van der Waals surface area (Å²) in [6, 6.07) is 8.23. The SMILES string of the molecule is COc1ccccc1CN[C@H]1CCCC[C@H]1O. The first-order chi connectivity index (χ1) is 8.31. The maximum Gasteiger partial charge on any atom is 0.123 e. The smallest absolute Gasteiger partial charge is 0.123 e. The third-order valence-electron chi connectivity index (χ3n) is 3.48. The number of ether oxygens (including phenoxy) is 1. The van der Waals surface area contributed by atoms with E-state index in [1.807, 2.05) is 18.2 Å². The number of nitrogens with one attached hydrogen (secondary N) is 1. The fraction of sp³-hybridized carbons (Fsp3) is 0.571. The van der Waals surface area contributed by atoms with Gasteiger partial charge in [-0.25, -0.2) is 0 Å². The van der Waals surface area contributed by atoms with E-state index in [0.29, 0.717) is 0 Å². The third kappa shape index (κ3) is 3.20. The van der Waals surface area contributed by atoms with Gasteiger partial charge in [0.05, 0.1) is 13.2 Å². The van der Waals surface area contributed by atoms with E-state index in [9.17, 15) is 5.11 Å². The van der Waals surface area contributed by atoms with Crippen LogP contribution in [0.15, 0.2) is 24.3 Å². The lowest BCUT2D eigenvalue weighted by Gasteiger charge is -2.28. The molecule has 3 heteroatoms. The molecular formula is C14H21NO2. The van der Waals surface area contributed by atoms with Crippen molar-refractivity contribution < 1.29 is 9.84 Å². The van der Waals surface area contributed by atoms with Crippen LogP contribution >= 0.6 is 0 Å². The second-order valence-electron chi connectivity index (χ2n) is 4.65. The van der Waals surface area contributed by atoms with Gasteiger partial charge in [-0.3, -0.25) is 0 Å². The summed E-state index contributed by atoms with van der Waals surface area (Å²) in [7, 11) is 1.69. The average Bonchev–Trinajstić information content (AvgIpc) is 2.38. The zero-order valence-electron chi connectivity index (χ0n) is 10.4. The Bertz CT molecular complexity index is 354. The van der Waals surface area contributed by atoms with Gasteiger partial charge in [-0.1, -0.05) is 31.0 Å². The molecule has 2 N–H and O–H groups in total. The quantitative estimate of drug-likeness (QED) is 0.839. The third-order valence-corrected chi connectivity index (χ3v) is 3.48. The second kappa shape index (κ2) is 6.03. The number of aliphatic hydroxyl groups is 1. The van der Waals surface area contributed by atoms with Crippen LogP contribution in [0.3, 0.4) is 0 Å². The standard InChI is InChI=1S/C14H21NO2/c1-17-14-9-5-2-6-11(14)10-15-12-7-3-4-8-13(12)16/h2,5-6,9,12-13,15-16H,3-4,7-8,10H2,1H3/t12-,13+/m0/s1. The Morgan fingerprint density at radius 1 is 1.29 bits per heavy atom. The van der Waals surface area contributed by atoms with Crippen LogP contribution in [0, 0.1) is 0 Å². The van der Waals surface area contributed by atoms with E-state index in [4.69, 9.17) is 4.74 Å². The van der Waals surface area contributed by atoms with Gasteiger partial charge in [-0.2, -0.15) is 0 Å². The Hall–Kier alpha value is -1.06. The van der Waals surface area contributed by atoms with E-state index in [-0.39, 0.29) is 12.1 Å². The number of aliphatic hydroxyl groups excluding tert-OH is 1. The summed E-state index contributed by atoms with van der Waals surface area (Å²) in [4.78, 5) is 0. The molecule has 1 aliphatic rings. The molecule has 1 aliphatic carbocycles. The van der Waals surface area contributed by atoms with Gasteiger partial charge in [0.1, 0.15) is 5.75 Å². The normalized spacial score (nSPS) is 24.6. The van der Waals surface area contributed by atoms with Crippen LogP contribution in [0.2, 0.25) is 0 Å². The Morgan fingerprint density at radius 3 is 2.82 bits per heavy atom. The summed E-state index contributed by atoms with van der Waals surface area (Å²) in [6.07, 6.45) is 4.15. The molecule has 0 radical (unpaired) electrons. The maximum atomic E-state index is 9.88. The van der Waals surface area contributed by atoms with E-state index in [0.717, 1.165) is 37.1 Å². The lowest BCUT2D eigenvalue weighted by atomic mass is 9.92. The van der Waals surface area contributed by atoms with Crippen LogP contribution in [0.1, 0.15) is 31.2 Å². The van der Waals surface area contributed by atoms with Crippen molar-refractivity contribution in [3.63, 3.8) is 0 Å². The lowest BCUT2D eigenvalue weighted by molar-refractivity contribution is 0.0901. The van der Waals surface area contributed by atoms with Gasteiger partial charge in [0.15, 0.2) is 0 Å². The number of para-hydroxylation sites is 1. The molecule has 1 fully saturated rings. The molecule has 94 valence electrons. The minimum atomic E-state index is -0.196. The first-order valence-electron chi connectivity index (χ1n) is 6.34. The molecule has 0 unspecified atom stereocenters. The highest BCUT2D eigenvalue weighted by Crippen LogP contribution is 2.21. The highest BCUT2D eigenvalue weighted by molar-refractivity contribution is 5.33. The predicted molar refractivity (Wildman–Crippen MR) is 68.1 cm³/mol. The first-order valence-corrected chi connectivity index (χ1v) is 6.34. The monoisotopic (exact) mass is 235 g/mol. The summed E-state index contributed by atoms with van der Waals surface area (Å²) >= 11 is 0. The van der Waals surface area contributed by atoms with Crippen molar-refractivity contribution in [1.82, 2.24) is 5.32 Å². The fourth-order valence-electron chi connectivity index (χ4n) is 2.44. The average molecular weight is 235 g/mol. The molecule has 0 heterocycles. The van der Waals surface area contributed by atoms with Crippen molar-refractivity contribution in [3.05, 3.63) is 29.8 Å². The number of benzene rings is 1. The van der Waals surface area contributed by atoms with Gasteiger partial charge in [0.25, 0.3) is 0 Å². The van der Waals surface area contributed by atoms with E-state index < -0.39 is 0 Å². The van der Waals surface area contributed by atoms with E-state index in [1.165, 1.54) is 6.42 Å². The van der Waals surface area contributed by atoms with Crippen LogP contribution in [-0.4, -0.2) is 24.4 Å². The summed E-state index contributed by atoms with van der Waals surface area (Å²) in [5, 5.41) is 13.3. The van der Waals surface area contributed by atoms with Gasteiger partial charge in [-0.05, 0) is 18.9 Å². The van der Waals surface area contributed by atoms with Gasteiger partial charge in [0, 0.05) is 18.2 Å². The van der Waals surface area contributed by atoms with Crippen molar-refractivity contribution >= 4 is 0 Å². The van der Waals surface area contributed by atoms with Crippen molar-refractivity contribution in [1.29, 1.82) is 0 Å². The molecule has 1 aromatic rings. The molecule has 17 heavy (non-hydrogen) atoms. The Morgan fingerprint density at radius 2 is 2.06 bits per heavy atom. The molecule has 2 atom stereocenters. The van der Waals surface area contributed by atoms with Crippen LogP contribution < -0.4 is 10.1 Å². The molecule has 0 saturated heterocycles. The predicted octanol–water partition coefficient (Wildman–Crippen LogP) is 2.09. The number of methoxy groups -OCH3 is 1. The molecule has 1 saturated carbocycles. The van der Waals surface area contributed by atoms with Crippen molar-refractivity contribution in [2.24, 2.45) is 0 Å². The van der Waals surface area contributed by atoms with Gasteiger partial charge in [0.2, 0.25) is 0 Å². The molecule has 0 aliphatic heterocycles. The number of hydrogen-bond donors (Lipinski definition) is 2. The van der Waals surface area contributed by atoms with Crippen molar-refractivity contribution in [3.8, 4) is 5.75 Å². The fourth-order valence-corrected chi connectivity index (χ4v) is 2.44. The Balaban J connectivity index is 1.92. The highest BCUT2D eigenvalue weighted by atomic mass is 16.5. The molecule has 0 spiro atoms. The van der Waals surface area contributed by atoms with Crippen LogP contribution in [-0.2, 0) is 6.54 Å². The molecule has 2 rings (SSSR count). The second-order valence-corrected chi connectivity index (χ2v) is 4.65. The van der Waals surface area contributed by atoms with Crippen molar-refractivity contribution in [2.75, 3.05) is 7.11 Å². The highest BCUT2D eigenvalue weighted by Gasteiger charge is 2.22. The summed E-state index contributed by atoms with van der Waals surface area (Å²) in [5.74, 6) is 0.908. The van der Waals surface area contributed by atoms with Gasteiger partial charge in [-0.15, -0.1) is 0 Å². The molecule has 0 amide bonds. The Kier molecular flexibility index (Phi) is 4.40. The minimum Gasteiger partial charge on any atom is -0.496 e. The zero-order valence-corrected chi connectivity index (χ0v) is 10.4. The van der Waals surface area contributed by atoms with Gasteiger partial charge >= 0.3 is 0 Å². The summed E-state index contributed by atoms with van der Waals surface area (Å²) in [6.45, 7) is 0.756. The molecule has 0 bridgehead atoms. The number of rotatable bonds is 4. The Labute approximate surface area is 103 Å². The molecular weight excluding hydrogens is 214 g/mol. The zero-order chi connectivity index (χ0) is 12.1. The summed E-state index contributed by atoms with van der Waals surface area (Å²) < 4.78 is 5.31. The number of hydrogen-bond acceptors (Lipinski definition) is 3. The van der Waals surface area contributed by atoms with E-state index >= 15 is 0 Å². The maximum absolute atomic E-state index is 9.88. The van der Waals surface area contributed by atoms with Crippen LogP contribution in [0.4, 0.5) is 0 Å². The van der Waals surface area contributed by atoms with Crippen LogP contribution in [0.25, 0.3) is 0 Å². The molecule has 3 nitrogen and oxygen atoms in total. The van der Waals surface area contributed by atoms with Crippen molar-refractivity contribution in [2.45, 2.75) is 44.4 Å².